The highest BCUT2D eigenvalue weighted by Crippen LogP contribution is 2.37. The average Bonchev–Trinajstić information content (AvgIpc) is 2.34. The predicted molar refractivity (Wildman–Crippen MR) is 77.8 cm³/mol. The molecule has 0 aromatic heterocycles. The Labute approximate surface area is 130 Å². The van der Waals surface area contributed by atoms with E-state index in [9.17, 15) is 38.9 Å². The highest BCUT2D eigenvalue weighted by Gasteiger charge is 2.28. The Morgan fingerprint density at radius 3 is 1.26 bits per heavy atom. The van der Waals surface area contributed by atoms with Gasteiger partial charge in [-0.2, -0.15) is 25.3 Å². The Hall–Kier alpha value is -1.77. The Balaban J connectivity index is 3.32. The summed E-state index contributed by atoms with van der Waals surface area (Å²) in [7, 11) is -14.9. The van der Waals surface area contributed by atoms with Gasteiger partial charge in [-0.1, -0.05) is 0 Å². The standard InChI is InChI=1S/C10H9NO9S3/c11-5-1-2-7(22(15,16)17)10-8(23(18,19)20)4-3-6(9(5)10)21(12,13)14/h1-4H,11H2,(H,12,13,14)(H,15,16,17)(H,18,19,20). The minimum Gasteiger partial charge on any atom is -0.398 e. The highest BCUT2D eigenvalue weighted by atomic mass is 32.2. The van der Waals surface area contributed by atoms with E-state index in [1.165, 1.54) is 0 Å². The van der Waals surface area contributed by atoms with E-state index in [0.29, 0.717) is 12.1 Å². The van der Waals surface area contributed by atoms with Crippen LogP contribution < -0.4 is 5.73 Å². The molecule has 10 nitrogen and oxygen atoms in total. The van der Waals surface area contributed by atoms with E-state index in [0.717, 1.165) is 12.1 Å². The Morgan fingerprint density at radius 2 is 0.913 bits per heavy atom. The molecule has 0 bridgehead atoms. The monoisotopic (exact) mass is 383 g/mol. The van der Waals surface area contributed by atoms with Crippen LogP contribution >= 0.6 is 0 Å². The van der Waals surface area contributed by atoms with E-state index < -0.39 is 61.5 Å². The van der Waals surface area contributed by atoms with Crippen LogP contribution in [-0.2, 0) is 30.4 Å². The fourth-order valence-corrected chi connectivity index (χ4v) is 4.28. The van der Waals surface area contributed by atoms with Gasteiger partial charge in [-0.25, -0.2) is 0 Å². The van der Waals surface area contributed by atoms with Gasteiger partial charge in [0.25, 0.3) is 30.4 Å². The second kappa shape index (κ2) is 5.12. The highest BCUT2D eigenvalue weighted by molar-refractivity contribution is 7.87. The van der Waals surface area contributed by atoms with Crippen molar-refractivity contribution in [3.8, 4) is 0 Å². The summed E-state index contributed by atoms with van der Waals surface area (Å²) in [5, 5.41) is -1.53. The third kappa shape index (κ3) is 3.15. The molecular formula is C10H9NO9S3. The average molecular weight is 383 g/mol. The lowest BCUT2D eigenvalue weighted by Gasteiger charge is -2.13. The largest absolute Gasteiger partial charge is 0.398 e. The van der Waals surface area contributed by atoms with Crippen LogP contribution in [0.25, 0.3) is 10.8 Å². The molecule has 0 unspecified atom stereocenters. The maximum atomic E-state index is 11.4. The first-order valence-corrected chi connectivity index (χ1v) is 9.84. The first-order valence-electron chi connectivity index (χ1n) is 5.52. The van der Waals surface area contributed by atoms with Gasteiger partial charge in [-0.15, -0.1) is 0 Å². The number of hydrogen-bond donors (Lipinski definition) is 4. The maximum Gasteiger partial charge on any atom is 0.295 e. The molecule has 0 aliphatic heterocycles. The lowest BCUT2D eigenvalue weighted by atomic mass is 10.1. The minimum atomic E-state index is -5.00. The molecule has 2 rings (SSSR count). The molecule has 0 saturated carbocycles. The van der Waals surface area contributed by atoms with Gasteiger partial charge in [0, 0.05) is 16.5 Å². The quantitative estimate of drug-likeness (QED) is 0.419. The lowest BCUT2D eigenvalue weighted by Crippen LogP contribution is -2.09. The van der Waals surface area contributed by atoms with Crippen molar-refractivity contribution in [3.05, 3.63) is 24.3 Å². The molecule has 5 N–H and O–H groups in total. The lowest BCUT2D eigenvalue weighted by molar-refractivity contribution is 0.478. The molecular weight excluding hydrogens is 374 g/mol. The molecule has 0 fully saturated rings. The van der Waals surface area contributed by atoms with Crippen LogP contribution in [0.3, 0.4) is 0 Å². The van der Waals surface area contributed by atoms with Crippen LogP contribution in [0.1, 0.15) is 0 Å². The maximum absolute atomic E-state index is 11.4. The van der Waals surface area contributed by atoms with E-state index in [1.807, 2.05) is 0 Å². The van der Waals surface area contributed by atoms with Crippen LogP contribution in [0.5, 0.6) is 0 Å². The number of rotatable bonds is 3. The van der Waals surface area contributed by atoms with E-state index in [4.69, 9.17) is 5.73 Å². The molecule has 2 aromatic carbocycles. The van der Waals surface area contributed by atoms with Gasteiger partial charge in [-0.3, -0.25) is 13.7 Å². The number of nitrogens with two attached hydrogens (primary N) is 1. The zero-order chi connectivity index (χ0) is 17.8. The predicted octanol–water partition coefficient (Wildman–Crippen LogP) is 0.162. The van der Waals surface area contributed by atoms with E-state index in [-0.39, 0.29) is 0 Å². The number of anilines is 1. The summed E-state index contributed by atoms with van der Waals surface area (Å²) in [4.78, 5) is -2.89. The topological polar surface area (TPSA) is 189 Å². The van der Waals surface area contributed by atoms with E-state index in [2.05, 4.69) is 0 Å². The van der Waals surface area contributed by atoms with Crippen molar-refractivity contribution in [1.29, 1.82) is 0 Å². The van der Waals surface area contributed by atoms with Crippen molar-refractivity contribution in [2.75, 3.05) is 5.73 Å². The molecule has 0 atom stereocenters. The zero-order valence-electron chi connectivity index (χ0n) is 10.9. The summed E-state index contributed by atoms with van der Waals surface area (Å²) < 4.78 is 96.1. The molecule has 0 saturated heterocycles. The van der Waals surface area contributed by atoms with Crippen LogP contribution in [0.4, 0.5) is 5.69 Å². The van der Waals surface area contributed by atoms with Crippen molar-refractivity contribution in [2.24, 2.45) is 0 Å². The minimum absolute atomic E-state index is 0.398. The van der Waals surface area contributed by atoms with Crippen molar-refractivity contribution >= 4 is 46.8 Å². The Bertz CT molecular complexity index is 1090. The first kappa shape index (κ1) is 17.6. The summed E-state index contributed by atoms with van der Waals surface area (Å²) in [6, 6.07) is 2.82. The van der Waals surface area contributed by atoms with Gasteiger partial charge in [-0.05, 0) is 24.3 Å². The van der Waals surface area contributed by atoms with E-state index >= 15 is 0 Å². The third-order valence-electron chi connectivity index (χ3n) is 2.91. The number of fused-ring (bicyclic) bond motifs is 1. The van der Waals surface area contributed by atoms with Crippen molar-refractivity contribution in [1.82, 2.24) is 0 Å². The molecule has 0 spiro atoms. The number of hydrogen-bond acceptors (Lipinski definition) is 7. The van der Waals surface area contributed by atoms with Gasteiger partial charge in [0.15, 0.2) is 0 Å². The molecule has 0 amide bonds. The van der Waals surface area contributed by atoms with Crippen LogP contribution in [-0.4, -0.2) is 38.9 Å². The normalized spacial score (nSPS) is 13.3. The second-order valence-corrected chi connectivity index (χ2v) is 8.56. The van der Waals surface area contributed by atoms with E-state index in [1.54, 1.807) is 0 Å². The molecule has 0 heterocycles. The zero-order valence-corrected chi connectivity index (χ0v) is 13.4. The van der Waals surface area contributed by atoms with Gasteiger partial charge >= 0.3 is 0 Å². The molecule has 0 aliphatic carbocycles. The van der Waals surface area contributed by atoms with Gasteiger partial charge in [0.1, 0.15) is 14.7 Å². The fraction of sp³-hybridized carbons (Fsp3) is 0. The summed E-state index contributed by atoms with van der Waals surface area (Å²) in [6.07, 6.45) is 0. The van der Waals surface area contributed by atoms with Crippen LogP contribution in [0.2, 0.25) is 0 Å². The summed E-state index contributed by atoms with van der Waals surface area (Å²) in [5.74, 6) is 0. The summed E-state index contributed by atoms with van der Waals surface area (Å²) in [6.45, 7) is 0. The van der Waals surface area contributed by atoms with Crippen molar-refractivity contribution in [3.63, 3.8) is 0 Å². The third-order valence-corrected chi connectivity index (χ3v) is 5.60. The smallest absolute Gasteiger partial charge is 0.295 e. The summed E-state index contributed by atoms with van der Waals surface area (Å²) >= 11 is 0. The molecule has 2 aromatic rings. The van der Waals surface area contributed by atoms with Gasteiger partial charge in [0.05, 0.1) is 0 Å². The van der Waals surface area contributed by atoms with Crippen molar-refractivity contribution in [2.45, 2.75) is 14.7 Å². The molecule has 23 heavy (non-hydrogen) atoms. The summed E-state index contributed by atoms with van der Waals surface area (Å²) in [5.41, 5.74) is 5.15. The Morgan fingerprint density at radius 1 is 0.609 bits per heavy atom. The van der Waals surface area contributed by atoms with Crippen molar-refractivity contribution < 1.29 is 38.9 Å². The fourth-order valence-electron chi connectivity index (χ4n) is 2.07. The van der Waals surface area contributed by atoms with Crippen LogP contribution in [0, 0.1) is 0 Å². The second-order valence-electron chi connectivity index (χ2n) is 4.39. The SMILES string of the molecule is Nc1ccc(S(=O)(=O)O)c2c(S(=O)(=O)O)ccc(S(=O)(=O)O)c12. The molecule has 0 radical (unpaired) electrons. The first-order chi connectivity index (χ1) is 10.2. The number of benzene rings is 2. The van der Waals surface area contributed by atoms with Gasteiger partial charge < -0.3 is 5.73 Å². The van der Waals surface area contributed by atoms with Gasteiger partial charge in [0.2, 0.25) is 0 Å². The van der Waals surface area contributed by atoms with Crippen LogP contribution in [0.15, 0.2) is 39.0 Å². The number of nitrogen functional groups attached to an aromatic ring is 1. The molecule has 126 valence electrons. The molecule has 0 aliphatic rings. The Kier molecular flexibility index (Phi) is 3.91. The molecule has 13 heteroatoms.